The van der Waals surface area contributed by atoms with E-state index in [9.17, 15) is 9.90 Å². The van der Waals surface area contributed by atoms with Crippen molar-refractivity contribution in [3.63, 3.8) is 0 Å². The summed E-state index contributed by atoms with van der Waals surface area (Å²) >= 11 is 0. The van der Waals surface area contributed by atoms with Crippen LogP contribution in [0.25, 0.3) is 6.08 Å². The predicted octanol–water partition coefficient (Wildman–Crippen LogP) is 4.48. The van der Waals surface area contributed by atoms with Gasteiger partial charge in [0.1, 0.15) is 22.8 Å². The largest absolute Gasteiger partial charge is 0.507 e. The number of aromatic hydroxyl groups is 1. The number of phenols is 1. The molecule has 0 saturated carbocycles. The zero-order valence-corrected chi connectivity index (χ0v) is 14.0. The lowest BCUT2D eigenvalue weighted by Gasteiger charge is -2.10. The van der Waals surface area contributed by atoms with E-state index < -0.39 is 0 Å². The first-order valence-electron chi connectivity index (χ1n) is 7.97. The number of allylic oxidation sites excluding steroid dienone is 1. The highest BCUT2D eigenvalue weighted by Gasteiger charge is 2.15. The minimum atomic E-state index is -0.314. The molecule has 4 nitrogen and oxygen atoms in total. The first-order valence-corrected chi connectivity index (χ1v) is 7.97. The Kier molecular flexibility index (Phi) is 6.43. The van der Waals surface area contributed by atoms with Crippen LogP contribution in [0.3, 0.4) is 0 Å². The van der Waals surface area contributed by atoms with Crippen LogP contribution in [0.1, 0.15) is 35.7 Å². The molecule has 2 rings (SSSR count). The fourth-order valence-electron chi connectivity index (χ4n) is 2.27. The van der Waals surface area contributed by atoms with Gasteiger partial charge in [0.15, 0.2) is 5.78 Å². The standard InChI is InChI=1S/C20H22O4/c1-3-4-14-24-19-11-7-9-16(21)20(19)17(22)13-12-15-8-5-6-10-18(15)23-2/h5-13,21H,3-4,14H2,1-2H3/b13-12+. The maximum Gasteiger partial charge on any atom is 0.193 e. The summed E-state index contributed by atoms with van der Waals surface area (Å²) in [5.41, 5.74) is 0.969. The number of methoxy groups -OCH3 is 1. The molecular weight excluding hydrogens is 304 g/mol. The van der Waals surface area contributed by atoms with Gasteiger partial charge in [-0.3, -0.25) is 4.79 Å². The van der Waals surface area contributed by atoms with Crippen molar-refractivity contribution in [1.82, 2.24) is 0 Å². The van der Waals surface area contributed by atoms with E-state index in [4.69, 9.17) is 9.47 Å². The molecule has 24 heavy (non-hydrogen) atoms. The number of ketones is 1. The molecule has 0 aromatic heterocycles. The number of hydrogen-bond acceptors (Lipinski definition) is 4. The molecule has 0 bridgehead atoms. The Hall–Kier alpha value is -2.75. The molecule has 0 amide bonds. The van der Waals surface area contributed by atoms with Gasteiger partial charge in [0, 0.05) is 5.56 Å². The quantitative estimate of drug-likeness (QED) is 0.441. The molecule has 0 saturated heterocycles. The van der Waals surface area contributed by atoms with E-state index in [1.165, 1.54) is 12.1 Å². The van der Waals surface area contributed by atoms with E-state index in [2.05, 4.69) is 6.92 Å². The molecule has 0 spiro atoms. The highest BCUT2D eigenvalue weighted by molar-refractivity contribution is 6.10. The fourth-order valence-corrected chi connectivity index (χ4v) is 2.27. The zero-order valence-electron chi connectivity index (χ0n) is 14.0. The van der Waals surface area contributed by atoms with E-state index >= 15 is 0 Å². The summed E-state index contributed by atoms with van der Waals surface area (Å²) in [5.74, 6) is 0.681. The third-order valence-electron chi connectivity index (χ3n) is 3.56. The SMILES string of the molecule is CCCCOc1cccc(O)c1C(=O)/C=C/c1ccccc1OC. The third-order valence-corrected chi connectivity index (χ3v) is 3.56. The minimum absolute atomic E-state index is 0.0846. The van der Waals surface area contributed by atoms with E-state index in [1.807, 2.05) is 24.3 Å². The number of carbonyl (C=O) groups is 1. The van der Waals surface area contributed by atoms with Crippen LogP contribution in [0.2, 0.25) is 0 Å². The predicted molar refractivity (Wildman–Crippen MR) is 94.9 cm³/mol. The summed E-state index contributed by atoms with van der Waals surface area (Å²) < 4.78 is 10.9. The van der Waals surface area contributed by atoms with Crippen LogP contribution in [0, 0.1) is 0 Å². The van der Waals surface area contributed by atoms with Crippen LogP contribution in [0.5, 0.6) is 17.2 Å². The lowest BCUT2D eigenvalue weighted by molar-refractivity contribution is 0.104. The molecule has 0 aliphatic carbocycles. The molecule has 1 N–H and O–H groups in total. The van der Waals surface area contributed by atoms with Crippen molar-refractivity contribution in [3.8, 4) is 17.2 Å². The maximum atomic E-state index is 12.5. The Balaban J connectivity index is 2.24. The smallest absolute Gasteiger partial charge is 0.193 e. The van der Waals surface area contributed by atoms with E-state index in [1.54, 1.807) is 25.3 Å². The number of hydrogen-bond donors (Lipinski definition) is 1. The van der Waals surface area contributed by atoms with Gasteiger partial charge in [-0.1, -0.05) is 37.6 Å². The molecule has 2 aromatic carbocycles. The van der Waals surface area contributed by atoms with Crippen LogP contribution in [-0.4, -0.2) is 24.6 Å². The average Bonchev–Trinajstić information content (AvgIpc) is 2.60. The van der Waals surface area contributed by atoms with Gasteiger partial charge in [-0.15, -0.1) is 0 Å². The maximum absolute atomic E-state index is 12.5. The number of phenolic OH excluding ortho intramolecular Hbond substituents is 1. The van der Waals surface area contributed by atoms with Crippen LogP contribution in [0.15, 0.2) is 48.5 Å². The summed E-state index contributed by atoms with van der Waals surface area (Å²) in [4.78, 5) is 12.5. The second-order valence-corrected chi connectivity index (χ2v) is 5.29. The summed E-state index contributed by atoms with van der Waals surface area (Å²) in [5, 5.41) is 10.1. The molecule has 0 atom stereocenters. The van der Waals surface area contributed by atoms with Crippen molar-refractivity contribution < 1.29 is 19.4 Å². The van der Waals surface area contributed by atoms with Crippen molar-refractivity contribution in [1.29, 1.82) is 0 Å². The van der Waals surface area contributed by atoms with Gasteiger partial charge in [-0.05, 0) is 36.8 Å². The number of para-hydroxylation sites is 1. The second-order valence-electron chi connectivity index (χ2n) is 5.29. The first-order chi connectivity index (χ1) is 11.7. The topological polar surface area (TPSA) is 55.8 Å². The first kappa shape index (κ1) is 17.6. The molecule has 0 heterocycles. The van der Waals surface area contributed by atoms with Crippen LogP contribution in [-0.2, 0) is 0 Å². The normalized spacial score (nSPS) is 10.8. The molecular formula is C20H22O4. The summed E-state index contributed by atoms with van der Waals surface area (Å²) in [6, 6.07) is 12.2. The average molecular weight is 326 g/mol. The molecule has 0 aliphatic rings. The van der Waals surface area contributed by atoms with Gasteiger partial charge >= 0.3 is 0 Å². The van der Waals surface area contributed by atoms with E-state index in [0.717, 1.165) is 18.4 Å². The van der Waals surface area contributed by atoms with Gasteiger partial charge in [0.2, 0.25) is 0 Å². The third kappa shape index (κ3) is 4.38. The zero-order chi connectivity index (χ0) is 17.4. The summed E-state index contributed by atoms with van der Waals surface area (Å²) in [6.07, 6.45) is 4.97. The monoisotopic (exact) mass is 326 g/mol. The molecule has 0 fully saturated rings. The number of carbonyl (C=O) groups excluding carboxylic acids is 1. The van der Waals surface area contributed by atoms with Gasteiger partial charge in [0.05, 0.1) is 13.7 Å². The highest BCUT2D eigenvalue weighted by atomic mass is 16.5. The molecule has 2 aromatic rings. The van der Waals surface area contributed by atoms with Crippen molar-refractivity contribution >= 4 is 11.9 Å². The molecule has 0 radical (unpaired) electrons. The minimum Gasteiger partial charge on any atom is -0.507 e. The Bertz CT molecular complexity index is 719. The van der Waals surface area contributed by atoms with Gasteiger partial charge in [0.25, 0.3) is 0 Å². The van der Waals surface area contributed by atoms with Gasteiger partial charge in [-0.2, -0.15) is 0 Å². The highest BCUT2D eigenvalue weighted by Crippen LogP contribution is 2.29. The van der Waals surface area contributed by atoms with Crippen molar-refractivity contribution in [2.75, 3.05) is 13.7 Å². The number of benzene rings is 2. The van der Waals surface area contributed by atoms with Gasteiger partial charge < -0.3 is 14.6 Å². The summed E-state index contributed by atoms with van der Waals surface area (Å²) in [6.45, 7) is 2.57. The molecule has 126 valence electrons. The Morgan fingerprint density at radius 2 is 1.88 bits per heavy atom. The lowest BCUT2D eigenvalue weighted by atomic mass is 10.1. The fraction of sp³-hybridized carbons (Fsp3) is 0.250. The molecule has 0 unspecified atom stereocenters. The lowest BCUT2D eigenvalue weighted by Crippen LogP contribution is -2.03. The Morgan fingerprint density at radius 3 is 2.62 bits per heavy atom. The number of ether oxygens (including phenoxy) is 2. The van der Waals surface area contributed by atoms with Crippen LogP contribution >= 0.6 is 0 Å². The van der Waals surface area contributed by atoms with Crippen molar-refractivity contribution in [2.45, 2.75) is 19.8 Å². The van der Waals surface area contributed by atoms with Crippen molar-refractivity contribution in [3.05, 3.63) is 59.7 Å². The van der Waals surface area contributed by atoms with Gasteiger partial charge in [-0.25, -0.2) is 0 Å². The molecule has 0 aliphatic heterocycles. The van der Waals surface area contributed by atoms with E-state index in [-0.39, 0.29) is 17.1 Å². The Labute approximate surface area is 142 Å². The number of unbranched alkanes of at least 4 members (excludes halogenated alkanes) is 1. The van der Waals surface area contributed by atoms with Crippen LogP contribution < -0.4 is 9.47 Å². The number of rotatable bonds is 8. The second kappa shape index (κ2) is 8.77. The van der Waals surface area contributed by atoms with E-state index in [0.29, 0.717) is 18.1 Å². The summed E-state index contributed by atoms with van der Waals surface area (Å²) in [7, 11) is 1.58. The van der Waals surface area contributed by atoms with Crippen molar-refractivity contribution in [2.24, 2.45) is 0 Å². The van der Waals surface area contributed by atoms with Crippen LogP contribution in [0.4, 0.5) is 0 Å². The Morgan fingerprint density at radius 1 is 1.12 bits per heavy atom. The molecule has 4 heteroatoms.